The Bertz CT molecular complexity index is 344. The molecule has 0 saturated carbocycles. The summed E-state index contributed by atoms with van der Waals surface area (Å²) in [5, 5.41) is 19.6. The summed E-state index contributed by atoms with van der Waals surface area (Å²) in [6, 6.07) is -1.88. The number of carboxylic acid groups (broad SMARTS) is 2. The molecule has 1 saturated heterocycles. The van der Waals surface area contributed by atoms with Crippen LogP contribution < -0.4 is 5.32 Å². The molecule has 0 spiro atoms. The molecule has 0 aromatic rings. The molecule has 3 N–H and O–H groups in total. The number of nitrogens with one attached hydrogen (secondary N) is 1. The first kappa shape index (κ1) is 14.3. The summed E-state index contributed by atoms with van der Waals surface area (Å²) in [5.74, 6) is -2.15. The van der Waals surface area contributed by atoms with E-state index >= 15 is 0 Å². The monoisotopic (exact) mass is 258 g/mol. The summed E-state index contributed by atoms with van der Waals surface area (Å²) in [4.78, 5) is 34.6. The Morgan fingerprint density at radius 1 is 1.39 bits per heavy atom. The predicted octanol–water partition coefficient (Wildman–Crippen LogP) is 0.356. The zero-order chi connectivity index (χ0) is 13.7. The summed E-state index contributed by atoms with van der Waals surface area (Å²) in [7, 11) is 0. The van der Waals surface area contributed by atoms with Gasteiger partial charge < -0.3 is 20.4 Å². The number of amides is 2. The van der Waals surface area contributed by atoms with Crippen LogP contribution in [0.25, 0.3) is 0 Å². The number of urea groups is 1. The molecule has 1 heterocycles. The van der Waals surface area contributed by atoms with Gasteiger partial charge in [0.2, 0.25) is 0 Å². The molecule has 18 heavy (non-hydrogen) atoms. The lowest BCUT2D eigenvalue weighted by Gasteiger charge is -2.20. The quantitative estimate of drug-likeness (QED) is 0.659. The van der Waals surface area contributed by atoms with Crippen LogP contribution in [0.3, 0.4) is 0 Å². The van der Waals surface area contributed by atoms with Gasteiger partial charge in [0.25, 0.3) is 0 Å². The molecule has 0 aromatic heterocycles. The van der Waals surface area contributed by atoms with E-state index in [1.54, 1.807) is 0 Å². The number of hydrogen-bond donors (Lipinski definition) is 3. The molecule has 0 bridgehead atoms. The molecule has 1 aliphatic heterocycles. The zero-order valence-corrected chi connectivity index (χ0v) is 10.3. The van der Waals surface area contributed by atoms with Crippen LogP contribution in [0.4, 0.5) is 4.79 Å². The minimum atomic E-state index is -1.38. The number of rotatable bonds is 5. The van der Waals surface area contributed by atoms with Gasteiger partial charge in [-0.1, -0.05) is 13.3 Å². The van der Waals surface area contributed by atoms with Gasteiger partial charge in [0.1, 0.15) is 6.04 Å². The van der Waals surface area contributed by atoms with Gasteiger partial charge >= 0.3 is 18.0 Å². The van der Waals surface area contributed by atoms with E-state index in [1.807, 2.05) is 6.92 Å². The third kappa shape index (κ3) is 3.90. The van der Waals surface area contributed by atoms with Crippen LogP contribution in [0.2, 0.25) is 0 Å². The summed E-state index contributed by atoms with van der Waals surface area (Å²) in [5.41, 5.74) is 0. The van der Waals surface area contributed by atoms with Crippen LogP contribution in [0.1, 0.15) is 26.2 Å². The van der Waals surface area contributed by atoms with Crippen LogP contribution in [-0.2, 0) is 9.59 Å². The van der Waals surface area contributed by atoms with Crippen molar-refractivity contribution in [3.05, 3.63) is 0 Å². The maximum Gasteiger partial charge on any atom is 0.326 e. The van der Waals surface area contributed by atoms with Crippen LogP contribution in [0.5, 0.6) is 0 Å². The van der Waals surface area contributed by atoms with E-state index in [2.05, 4.69) is 5.32 Å². The number of carbonyl (C=O) groups excluding carboxylic acids is 1. The lowest BCUT2D eigenvalue weighted by Crippen LogP contribution is -2.48. The molecule has 2 atom stereocenters. The van der Waals surface area contributed by atoms with Crippen molar-refractivity contribution in [1.29, 1.82) is 0 Å². The van der Waals surface area contributed by atoms with Crippen LogP contribution in [0, 0.1) is 5.92 Å². The molecular formula is C11H18N2O5. The number of likely N-dealkylation sites (tertiary alicyclic amines) is 1. The number of carbonyl (C=O) groups is 3. The Labute approximate surface area is 105 Å². The minimum absolute atomic E-state index is 0.443. The minimum Gasteiger partial charge on any atom is -0.481 e. The van der Waals surface area contributed by atoms with Crippen LogP contribution in [0.15, 0.2) is 0 Å². The molecule has 0 aromatic carbocycles. The fourth-order valence-electron chi connectivity index (χ4n) is 1.97. The maximum atomic E-state index is 11.8. The average molecular weight is 258 g/mol. The first-order chi connectivity index (χ1) is 8.43. The van der Waals surface area contributed by atoms with Gasteiger partial charge in [-0.05, 0) is 12.3 Å². The highest BCUT2D eigenvalue weighted by Crippen LogP contribution is 2.18. The number of nitrogens with zero attached hydrogens (tertiary/aromatic N) is 1. The van der Waals surface area contributed by atoms with Gasteiger partial charge in [-0.3, -0.25) is 4.79 Å². The molecule has 2 amide bonds. The van der Waals surface area contributed by atoms with Gasteiger partial charge in [0, 0.05) is 13.1 Å². The summed E-state index contributed by atoms with van der Waals surface area (Å²) in [6.45, 7) is 3.22. The van der Waals surface area contributed by atoms with Gasteiger partial charge in [0.15, 0.2) is 0 Å². The molecule has 7 heteroatoms. The zero-order valence-electron chi connectivity index (χ0n) is 10.3. The Morgan fingerprint density at radius 2 is 2.06 bits per heavy atom. The highest BCUT2D eigenvalue weighted by Gasteiger charge is 2.29. The lowest BCUT2D eigenvalue weighted by atomic mass is 10.1. The average Bonchev–Trinajstić information content (AvgIpc) is 2.75. The van der Waals surface area contributed by atoms with E-state index in [9.17, 15) is 14.4 Å². The molecule has 7 nitrogen and oxygen atoms in total. The molecule has 1 unspecified atom stereocenters. The molecule has 102 valence electrons. The van der Waals surface area contributed by atoms with Gasteiger partial charge in [0.05, 0.1) is 6.42 Å². The van der Waals surface area contributed by atoms with Crippen molar-refractivity contribution in [1.82, 2.24) is 10.2 Å². The van der Waals surface area contributed by atoms with E-state index in [0.717, 1.165) is 12.8 Å². The summed E-state index contributed by atoms with van der Waals surface area (Å²) < 4.78 is 0. The van der Waals surface area contributed by atoms with Crippen molar-refractivity contribution < 1.29 is 24.6 Å². The van der Waals surface area contributed by atoms with Gasteiger partial charge in [-0.15, -0.1) is 0 Å². The molecule has 0 aliphatic carbocycles. The van der Waals surface area contributed by atoms with E-state index in [0.29, 0.717) is 19.0 Å². The highest BCUT2D eigenvalue weighted by molar-refractivity contribution is 5.86. The van der Waals surface area contributed by atoms with Crippen LogP contribution >= 0.6 is 0 Å². The Kier molecular flexibility index (Phi) is 4.94. The lowest BCUT2D eigenvalue weighted by molar-refractivity contribution is -0.145. The Hall–Kier alpha value is -1.79. The SMILES string of the molecule is CCC1CCN(C(=O)N[C@H](CC(=O)O)C(=O)O)C1. The first-order valence-electron chi connectivity index (χ1n) is 5.94. The van der Waals surface area contributed by atoms with Crippen molar-refractivity contribution >= 4 is 18.0 Å². The van der Waals surface area contributed by atoms with E-state index in [-0.39, 0.29) is 0 Å². The second kappa shape index (κ2) is 6.23. The largest absolute Gasteiger partial charge is 0.481 e. The first-order valence-corrected chi connectivity index (χ1v) is 5.94. The molecule has 1 aliphatic rings. The number of hydrogen-bond acceptors (Lipinski definition) is 3. The predicted molar refractivity (Wildman–Crippen MR) is 62.2 cm³/mol. The third-order valence-corrected chi connectivity index (χ3v) is 3.12. The topological polar surface area (TPSA) is 107 Å². The number of aliphatic carboxylic acids is 2. The van der Waals surface area contributed by atoms with E-state index in [4.69, 9.17) is 10.2 Å². The maximum absolute atomic E-state index is 11.8. The molecule has 1 rings (SSSR count). The fourth-order valence-corrected chi connectivity index (χ4v) is 1.97. The standard InChI is InChI=1S/C11H18N2O5/c1-2-7-3-4-13(6-7)11(18)12-8(10(16)17)5-9(14)15/h7-8H,2-6H2,1H3,(H,12,18)(H,14,15)(H,16,17)/t7?,8-/m1/s1. The molecular weight excluding hydrogens is 240 g/mol. The normalized spacial score (nSPS) is 20.5. The van der Waals surface area contributed by atoms with Crippen molar-refractivity contribution in [3.63, 3.8) is 0 Å². The third-order valence-electron chi connectivity index (χ3n) is 3.12. The van der Waals surface area contributed by atoms with Gasteiger partial charge in [-0.2, -0.15) is 0 Å². The van der Waals surface area contributed by atoms with Crippen molar-refractivity contribution in [2.24, 2.45) is 5.92 Å². The Morgan fingerprint density at radius 3 is 2.50 bits per heavy atom. The van der Waals surface area contributed by atoms with Crippen LogP contribution in [-0.4, -0.2) is 52.2 Å². The van der Waals surface area contributed by atoms with E-state index < -0.39 is 30.4 Å². The second-order valence-corrected chi connectivity index (χ2v) is 4.45. The number of carboxylic acids is 2. The van der Waals surface area contributed by atoms with Crippen molar-refractivity contribution in [2.75, 3.05) is 13.1 Å². The Balaban J connectivity index is 2.51. The van der Waals surface area contributed by atoms with Crippen molar-refractivity contribution in [3.8, 4) is 0 Å². The summed E-state index contributed by atoms with van der Waals surface area (Å²) >= 11 is 0. The van der Waals surface area contributed by atoms with Crippen molar-refractivity contribution in [2.45, 2.75) is 32.2 Å². The second-order valence-electron chi connectivity index (χ2n) is 4.45. The fraction of sp³-hybridized carbons (Fsp3) is 0.727. The molecule has 1 fully saturated rings. The summed E-state index contributed by atoms with van der Waals surface area (Å²) in [6.07, 6.45) is 1.26. The van der Waals surface area contributed by atoms with E-state index in [1.165, 1.54) is 4.90 Å². The highest BCUT2D eigenvalue weighted by atomic mass is 16.4. The molecule has 0 radical (unpaired) electrons. The van der Waals surface area contributed by atoms with Gasteiger partial charge in [-0.25, -0.2) is 9.59 Å². The smallest absolute Gasteiger partial charge is 0.326 e.